The van der Waals surface area contributed by atoms with Crippen molar-refractivity contribution in [1.29, 1.82) is 0 Å². The monoisotopic (exact) mass is 247 g/mol. The number of carbonyl (C=O) groups excluding carboxylic acids is 1. The van der Waals surface area contributed by atoms with E-state index in [0.717, 1.165) is 5.56 Å². The first-order valence-corrected chi connectivity index (χ1v) is 6.34. The minimum Gasteiger partial charge on any atom is -0.459 e. The van der Waals surface area contributed by atoms with E-state index in [2.05, 4.69) is 0 Å². The Balaban J connectivity index is 2.17. The molecule has 3 nitrogen and oxygen atoms in total. The Bertz CT molecular complexity index is 449. The highest BCUT2D eigenvalue weighted by Gasteiger charge is 2.66. The molecule has 1 unspecified atom stereocenters. The van der Waals surface area contributed by atoms with Gasteiger partial charge in [0, 0.05) is 5.92 Å². The second-order valence-corrected chi connectivity index (χ2v) is 6.11. The summed E-state index contributed by atoms with van der Waals surface area (Å²) in [7, 11) is 0. The molecule has 1 aromatic carbocycles. The number of rotatable bonds is 2. The maximum absolute atomic E-state index is 12.2. The zero-order chi connectivity index (χ0) is 13.6. The van der Waals surface area contributed by atoms with Gasteiger partial charge in [-0.2, -0.15) is 0 Å². The summed E-state index contributed by atoms with van der Waals surface area (Å²) in [5, 5.41) is 0. The van der Waals surface area contributed by atoms with Gasteiger partial charge in [-0.15, -0.1) is 0 Å². The van der Waals surface area contributed by atoms with Crippen molar-refractivity contribution in [2.24, 2.45) is 11.7 Å². The predicted molar refractivity (Wildman–Crippen MR) is 71.1 cm³/mol. The van der Waals surface area contributed by atoms with Crippen LogP contribution in [0.3, 0.4) is 0 Å². The summed E-state index contributed by atoms with van der Waals surface area (Å²) in [4.78, 5) is 12.2. The standard InChI is InChI=1S/C15H21NO2/c1-10-12(11-8-6-5-7-9-11)15(10,16)13(17)18-14(2,3)4/h5-10,12H,16H2,1-4H3/t10-,12-,15?/m1/s1. The normalized spacial score (nSPS) is 30.9. The number of hydrogen-bond acceptors (Lipinski definition) is 3. The molecule has 0 saturated heterocycles. The van der Waals surface area contributed by atoms with Crippen LogP contribution in [0.1, 0.15) is 39.2 Å². The molecule has 0 aliphatic heterocycles. The average molecular weight is 247 g/mol. The fraction of sp³-hybridized carbons (Fsp3) is 0.533. The van der Waals surface area contributed by atoms with Crippen molar-refractivity contribution in [3.8, 4) is 0 Å². The Morgan fingerprint density at radius 3 is 2.33 bits per heavy atom. The van der Waals surface area contributed by atoms with Crippen molar-refractivity contribution >= 4 is 5.97 Å². The van der Waals surface area contributed by atoms with Crippen LogP contribution in [0.2, 0.25) is 0 Å². The molecular formula is C15H21NO2. The van der Waals surface area contributed by atoms with E-state index < -0.39 is 11.1 Å². The van der Waals surface area contributed by atoms with Crippen molar-refractivity contribution in [3.05, 3.63) is 35.9 Å². The number of ether oxygens (including phenoxy) is 1. The molecule has 0 radical (unpaired) electrons. The highest BCUT2D eigenvalue weighted by molar-refractivity contribution is 5.88. The van der Waals surface area contributed by atoms with Gasteiger partial charge in [-0.1, -0.05) is 37.3 Å². The summed E-state index contributed by atoms with van der Waals surface area (Å²) in [6.45, 7) is 7.58. The third-order valence-electron chi connectivity index (χ3n) is 3.57. The van der Waals surface area contributed by atoms with Crippen molar-refractivity contribution in [2.75, 3.05) is 0 Å². The van der Waals surface area contributed by atoms with Crippen LogP contribution < -0.4 is 5.73 Å². The second kappa shape index (κ2) is 4.09. The molecule has 0 aromatic heterocycles. The minimum absolute atomic E-state index is 0.0635. The van der Waals surface area contributed by atoms with E-state index in [1.165, 1.54) is 0 Å². The highest BCUT2D eigenvalue weighted by Crippen LogP contribution is 2.56. The van der Waals surface area contributed by atoms with E-state index >= 15 is 0 Å². The van der Waals surface area contributed by atoms with E-state index in [-0.39, 0.29) is 17.8 Å². The van der Waals surface area contributed by atoms with E-state index in [1.807, 2.05) is 58.0 Å². The summed E-state index contributed by atoms with van der Waals surface area (Å²) in [5.41, 5.74) is 5.99. The molecule has 98 valence electrons. The summed E-state index contributed by atoms with van der Waals surface area (Å²) >= 11 is 0. The van der Waals surface area contributed by atoms with E-state index in [4.69, 9.17) is 10.5 Å². The van der Waals surface area contributed by atoms with Crippen LogP contribution in [-0.2, 0) is 9.53 Å². The number of hydrogen-bond donors (Lipinski definition) is 1. The Morgan fingerprint density at radius 1 is 1.28 bits per heavy atom. The maximum Gasteiger partial charge on any atom is 0.327 e. The number of carbonyl (C=O) groups is 1. The summed E-state index contributed by atoms with van der Waals surface area (Å²) in [6.07, 6.45) is 0. The smallest absolute Gasteiger partial charge is 0.327 e. The van der Waals surface area contributed by atoms with Gasteiger partial charge in [0.15, 0.2) is 0 Å². The molecule has 2 N–H and O–H groups in total. The van der Waals surface area contributed by atoms with Gasteiger partial charge in [0.2, 0.25) is 0 Å². The molecule has 1 saturated carbocycles. The fourth-order valence-corrected chi connectivity index (χ4v) is 2.49. The van der Waals surface area contributed by atoms with Crippen LogP contribution in [-0.4, -0.2) is 17.1 Å². The number of benzene rings is 1. The SMILES string of the molecule is C[C@@H]1[C@H](c2ccccc2)C1(N)C(=O)OC(C)(C)C. The second-order valence-electron chi connectivity index (χ2n) is 6.11. The van der Waals surface area contributed by atoms with Gasteiger partial charge < -0.3 is 10.5 Å². The van der Waals surface area contributed by atoms with Crippen molar-refractivity contribution < 1.29 is 9.53 Å². The van der Waals surface area contributed by atoms with E-state index in [1.54, 1.807) is 0 Å². The summed E-state index contributed by atoms with van der Waals surface area (Å²) in [5.74, 6) is -0.111. The topological polar surface area (TPSA) is 52.3 Å². The molecule has 1 aliphatic carbocycles. The van der Waals surface area contributed by atoms with Gasteiger partial charge in [0.05, 0.1) is 0 Å². The highest BCUT2D eigenvalue weighted by atomic mass is 16.6. The molecule has 0 spiro atoms. The first kappa shape index (κ1) is 13.1. The van der Waals surface area contributed by atoms with Crippen molar-refractivity contribution in [3.63, 3.8) is 0 Å². The van der Waals surface area contributed by atoms with Gasteiger partial charge in [0.25, 0.3) is 0 Å². The lowest BCUT2D eigenvalue weighted by atomic mass is 10.1. The lowest BCUT2D eigenvalue weighted by Crippen LogP contribution is -2.42. The van der Waals surface area contributed by atoms with Crippen LogP contribution >= 0.6 is 0 Å². The average Bonchev–Trinajstić information content (AvgIpc) is 2.82. The van der Waals surface area contributed by atoms with Gasteiger partial charge in [-0.3, -0.25) is 4.79 Å². The number of esters is 1. The van der Waals surface area contributed by atoms with Gasteiger partial charge in [-0.05, 0) is 32.3 Å². The van der Waals surface area contributed by atoms with Crippen molar-refractivity contribution in [2.45, 2.75) is 44.8 Å². The third-order valence-corrected chi connectivity index (χ3v) is 3.57. The van der Waals surface area contributed by atoms with E-state index in [0.29, 0.717) is 0 Å². The maximum atomic E-state index is 12.2. The molecule has 1 aromatic rings. The van der Waals surface area contributed by atoms with Crippen LogP contribution in [0.4, 0.5) is 0 Å². The van der Waals surface area contributed by atoms with Gasteiger partial charge in [-0.25, -0.2) is 0 Å². The van der Waals surface area contributed by atoms with Crippen molar-refractivity contribution in [1.82, 2.24) is 0 Å². The molecule has 1 fully saturated rings. The van der Waals surface area contributed by atoms with Crippen LogP contribution in [0.5, 0.6) is 0 Å². The molecule has 1 aliphatic rings. The molecule has 18 heavy (non-hydrogen) atoms. The Labute approximate surface area is 108 Å². The molecule has 2 rings (SSSR count). The summed E-state index contributed by atoms with van der Waals surface area (Å²) in [6, 6.07) is 9.92. The third kappa shape index (κ3) is 2.15. The predicted octanol–water partition coefficient (Wildman–Crippen LogP) is 2.46. The largest absolute Gasteiger partial charge is 0.459 e. The zero-order valence-corrected chi connectivity index (χ0v) is 11.4. The molecule has 0 amide bonds. The first-order valence-electron chi connectivity index (χ1n) is 6.34. The molecule has 0 bridgehead atoms. The molecular weight excluding hydrogens is 226 g/mol. The Morgan fingerprint density at radius 2 is 1.83 bits per heavy atom. The number of nitrogens with two attached hydrogens (primary N) is 1. The van der Waals surface area contributed by atoms with Gasteiger partial charge >= 0.3 is 5.97 Å². The fourth-order valence-electron chi connectivity index (χ4n) is 2.49. The van der Waals surface area contributed by atoms with Gasteiger partial charge in [0.1, 0.15) is 11.1 Å². The lowest BCUT2D eigenvalue weighted by Gasteiger charge is -2.22. The lowest BCUT2D eigenvalue weighted by molar-refractivity contribution is -0.158. The first-order chi connectivity index (χ1) is 8.27. The van der Waals surface area contributed by atoms with Crippen LogP contribution in [0, 0.1) is 5.92 Å². The Hall–Kier alpha value is -1.35. The Kier molecular flexibility index (Phi) is 2.98. The quantitative estimate of drug-likeness (QED) is 0.817. The molecule has 0 heterocycles. The van der Waals surface area contributed by atoms with E-state index in [9.17, 15) is 4.79 Å². The molecule has 3 heteroatoms. The minimum atomic E-state index is -0.866. The zero-order valence-electron chi connectivity index (χ0n) is 11.4. The van der Waals surface area contributed by atoms with Crippen LogP contribution in [0.15, 0.2) is 30.3 Å². The van der Waals surface area contributed by atoms with Crippen LogP contribution in [0.25, 0.3) is 0 Å². The summed E-state index contributed by atoms with van der Waals surface area (Å²) < 4.78 is 5.42. The molecule has 3 atom stereocenters.